The Hall–Kier alpha value is -3.27. The molecule has 2 aromatic heterocycles. The fourth-order valence-corrected chi connectivity index (χ4v) is 5.58. The van der Waals surface area contributed by atoms with Crippen molar-refractivity contribution < 1.29 is 19.0 Å². The van der Waals surface area contributed by atoms with Gasteiger partial charge in [-0.25, -0.2) is 9.97 Å². The third-order valence-corrected chi connectivity index (χ3v) is 7.61. The van der Waals surface area contributed by atoms with Gasteiger partial charge in [-0.05, 0) is 31.1 Å². The van der Waals surface area contributed by atoms with E-state index in [1.807, 2.05) is 12.1 Å². The lowest BCUT2D eigenvalue weighted by molar-refractivity contribution is -0.117. The van der Waals surface area contributed by atoms with Crippen LogP contribution in [0.25, 0.3) is 22.0 Å². The van der Waals surface area contributed by atoms with E-state index in [1.54, 1.807) is 26.5 Å². The van der Waals surface area contributed by atoms with Crippen molar-refractivity contribution in [3.8, 4) is 22.8 Å². The average Bonchev–Trinajstić information content (AvgIpc) is 3.61. The van der Waals surface area contributed by atoms with Crippen LogP contribution in [0.4, 0.5) is 11.6 Å². The average molecular weight is 558 g/mol. The fraction of sp³-hybridized carbons (Fsp3) is 0.370. The lowest BCUT2D eigenvalue weighted by Crippen LogP contribution is -2.45. The normalized spacial score (nSPS) is 19.0. The van der Waals surface area contributed by atoms with E-state index in [2.05, 4.69) is 27.1 Å². The highest BCUT2D eigenvalue weighted by atomic mass is 35.5. The van der Waals surface area contributed by atoms with Gasteiger partial charge in [0.05, 0.1) is 55.3 Å². The van der Waals surface area contributed by atoms with Crippen molar-refractivity contribution in [3.05, 3.63) is 47.1 Å². The number of nitrogens with zero attached hydrogens (tertiary/aromatic N) is 3. The van der Waals surface area contributed by atoms with Gasteiger partial charge in [0, 0.05) is 41.7 Å². The quantitative estimate of drug-likeness (QED) is 0.384. The van der Waals surface area contributed by atoms with Gasteiger partial charge in [0.2, 0.25) is 5.91 Å². The number of anilines is 2. The highest BCUT2D eigenvalue weighted by molar-refractivity contribution is 6.41. The minimum atomic E-state index is -0.238. The number of aromatic nitrogens is 2. The Kier molecular flexibility index (Phi) is 7.78. The standard InChI is InChI=1S/C27H29Cl2N5O4/c1-4-23(35)32-19-14-38-13-18(19)31-22-10-16-15(12-30-22)9-17(33-27(16)34-7-5-6-8-34)24-25(28)20(36-2)11-21(37-3)26(24)29/h4,9-12,18-19H,1,5-8,13-14H2,2-3H3,(H,30,31)(H,32,35)/t18-,19+/m1/s1. The number of methoxy groups -OCH3 is 2. The first-order valence-electron chi connectivity index (χ1n) is 12.4. The van der Waals surface area contributed by atoms with Gasteiger partial charge in [-0.2, -0.15) is 0 Å². The van der Waals surface area contributed by atoms with Crippen LogP contribution in [0.2, 0.25) is 10.0 Å². The van der Waals surface area contributed by atoms with E-state index in [0.29, 0.717) is 51.8 Å². The predicted molar refractivity (Wildman–Crippen MR) is 150 cm³/mol. The van der Waals surface area contributed by atoms with Gasteiger partial charge in [-0.1, -0.05) is 29.8 Å². The fourth-order valence-electron chi connectivity index (χ4n) is 4.89. The van der Waals surface area contributed by atoms with Crippen LogP contribution in [-0.4, -0.2) is 68.5 Å². The Balaban J connectivity index is 1.58. The van der Waals surface area contributed by atoms with E-state index in [0.717, 1.165) is 42.5 Å². The molecule has 2 fully saturated rings. The molecule has 38 heavy (non-hydrogen) atoms. The monoisotopic (exact) mass is 557 g/mol. The third kappa shape index (κ3) is 5.06. The SMILES string of the molecule is C=CC(=O)N[C@H]1COC[C@H]1Nc1cc2c(N3CCCC3)nc(-c3c(Cl)c(OC)cc(OC)c3Cl)cc2cn1. The van der Waals surface area contributed by atoms with Gasteiger partial charge in [0.25, 0.3) is 0 Å². The molecule has 1 aromatic carbocycles. The molecule has 0 saturated carbocycles. The van der Waals surface area contributed by atoms with Crippen LogP contribution in [-0.2, 0) is 9.53 Å². The zero-order valence-electron chi connectivity index (χ0n) is 21.2. The maximum absolute atomic E-state index is 11.8. The summed E-state index contributed by atoms with van der Waals surface area (Å²) in [5.41, 5.74) is 1.14. The Bertz CT molecular complexity index is 1350. The van der Waals surface area contributed by atoms with E-state index >= 15 is 0 Å². The molecule has 2 aliphatic heterocycles. The molecule has 11 heteroatoms. The largest absolute Gasteiger partial charge is 0.495 e. The number of benzene rings is 1. The molecule has 0 spiro atoms. The summed E-state index contributed by atoms with van der Waals surface area (Å²) in [6, 6.07) is 5.24. The Labute approximate surface area is 231 Å². The Morgan fingerprint density at radius 1 is 1.11 bits per heavy atom. The van der Waals surface area contributed by atoms with Crippen molar-refractivity contribution in [2.24, 2.45) is 0 Å². The molecule has 2 saturated heterocycles. The molecule has 1 amide bonds. The Morgan fingerprint density at radius 3 is 2.45 bits per heavy atom. The second-order valence-electron chi connectivity index (χ2n) is 9.21. The minimum absolute atomic E-state index is 0.131. The van der Waals surface area contributed by atoms with E-state index in [4.69, 9.17) is 42.4 Å². The van der Waals surface area contributed by atoms with Crippen LogP contribution in [0.3, 0.4) is 0 Å². The molecule has 2 N–H and O–H groups in total. The summed E-state index contributed by atoms with van der Waals surface area (Å²) in [4.78, 5) is 23.8. The van der Waals surface area contributed by atoms with Crippen molar-refractivity contribution in [3.63, 3.8) is 0 Å². The van der Waals surface area contributed by atoms with Crippen molar-refractivity contribution in [2.45, 2.75) is 24.9 Å². The summed E-state index contributed by atoms with van der Waals surface area (Å²) in [7, 11) is 3.09. The smallest absolute Gasteiger partial charge is 0.243 e. The van der Waals surface area contributed by atoms with Crippen LogP contribution in [0.1, 0.15) is 12.8 Å². The second-order valence-corrected chi connectivity index (χ2v) is 9.96. The molecule has 2 aliphatic rings. The number of hydrogen-bond donors (Lipinski definition) is 2. The van der Waals surface area contributed by atoms with Gasteiger partial charge in [-0.15, -0.1) is 0 Å². The van der Waals surface area contributed by atoms with E-state index in [-0.39, 0.29) is 18.0 Å². The molecule has 4 heterocycles. The molecule has 200 valence electrons. The molecule has 9 nitrogen and oxygen atoms in total. The lowest BCUT2D eigenvalue weighted by atomic mass is 10.1. The lowest BCUT2D eigenvalue weighted by Gasteiger charge is -2.23. The highest BCUT2D eigenvalue weighted by Gasteiger charge is 2.30. The summed E-state index contributed by atoms with van der Waals surface area (Å²) in [5.74, 6) is 2.15. The molecule has 0 aliphatic carbocycles. The van der Waals surface area contributed by atoms with Crippen LogP contribution in [0, 0.1) is 0 Å². The third-order valence-electron chi connectivity index (χ3n) is 6.86. The zero-order chi connectivity index (χ0) is 26.8. The van der Waals surface area contributed by atoms with Crippen LogP contribution >= 0.6 is 23.2 Å². The molecule has 0 unspecified atom stereocenters. The first-order valence-corrected chi connectivity index (χ1v) is 13.1. The molecule has 3 aromatic rings. The van der Waals surface area contributed by atoms with Crippen LogP contribution < -0.4 is 25.0 Å². The first-order chi connectivity index (χ1) is 18.4. The number of nitrogens with one attached hydrogen (secondary N) is 2. The summed E-state index contributed by atoms with van der Waals surface area (Å²) < 4.78 is 16.5. The maximum Gasteiger partial charge on any atom is 0.243 e. The number of pyridine rings is 2. The summed E-state index contributed by atoms with van der Waals surface area (Å²) in [5, 5.41) is 8.87. The molecule has 0 radical (unpaired) electrons. The van der Waals surface area contributed by atoms with Crippen molar-refractivity contribution >= 4 is 51.5 Å². The number of carbonyl (C=O) groups excluding carboxylic acids is 1. The topological polar surface area (TPSA) is 97.8 Å². The van der Waals surface area contributed by atoms with Gasteiger partial charge < -0.3 is 29.7 Å². The second kappa shape index (κ2) is 11.2. The number of halogens is 2. The van der Waals surface area contributed by atoms with Gasteiger partial charge in [-0.3, -0.25) is 4.79 Å². The van der Waals surface area contributed by atoms with Gasteiger partial charge in [0.1, 0.15) is 23.1 Å². The summed E-state index contributed by atoms with van der Waals surface area (Å²) in [6.07, 6.45) is 5.23. The minimum Gasteiger partial charge on any atom is -0.495 e. The van der Waals surface area contributed by atoms with E-state index < -0.39 is 0 Å². The maximum atomic E-state index is 11.8. The number of amides is 1. The number of ether oxygens (including phenoxy) is 3. The summed E-state index contributed by atoms with van der Waals surface area (Å²) in [6.45, 7) is 6.18. The molecule has 0 bridgehead atoms. The molecule has 5 rings (SSSR count). The Morgan fingerprint density at radius 2 is 1.79 bits per heavy atom. The van der Waals surface area contributed by atoms with Crippen LogP contribution in [0.15, 0.2) is 37.1 Å². The van der Waals surface area contributed by atoms with E-state index in [9.17, 15) is 4.79 Å². The van der Waals surface area contributed by atoms with Crippen molar-refractivity contribution in [1.29, 1.82) is 0 Å². The highest BCUT2D eigenvalue weighted by Crippen LogP contribution is 2.46. The van der Waals surface area contributed by atoms with Gasteiger partial charge in [0.15, 0.2) is 0 Å². The van der Waals surface area contributed by atoms with Gasteiger partial charge >= 0.3 is 0 Å². The summed E-state index contributed by atoms with van der Waals surface area (Å²) >= 11 is 13.5. The zero-order valence-corrected chi connectivity index (χ0v) is 22.7. The number of carbonyl (C=O) groups is 1. The predicted octanol–water partition coefficient (Wildman–Crippen LogP) is 4.70. The van der Waals surface area contributed by atoms with E-state index in [1.165, 1.54) is 6.08 Å². The molecular formula is C27H29Cl2N5O4. The molecular weight excluding hydrogens is 529 g/mol. The number of fused-ring (bicyclic) bond motifs is 1. The molecule has 2 atom stereocenters. The number of hydrogen-bond acceptors (Lipinski definition) is 8. The number of rotatable bonds is 8. The van der Waals surface area contributed by atoms with Crippen molar-refractivity contribution in [1.82, 2.24) is 15.3 Å². The van der Waals surface area contributed by atoms with Crippen LogP contribution in [0.5, 0.6) is 11.5 Å². The van der Waals surface area contributed by atoms with Crippen molar-refractivity contribution in [2.75, 3.05) is 50.7 Å². The first kappa shape index (κ1) is 26.3.